The second kappa shape index (κ2) is 8.80. The lowest BCUT2D eigenvalue weighted by Gasteiger charge is -2.29. The number of halogens is 5. The molecule has 170 valence electrons. The minimum Gasteiger partial charge on any atom is -0.374 e. The van der Waals surface area contributed by atoms with Crippen LogP contribution in [-0.4, -0.2) is 29.6 Å². The Morgan fingerprint density at radius 2 is 1.91 bits per heavy atom. The molecule has 1 amide bonds. The summed E-state index contributed by atoms with van der Waals surface area (Å²) in [5.74, 6) is 0.262. The number of alkyl halides is 3. The molecule has 0 spiro atoms. The van der Waals surface area contributed by atoms with Crippen molar-refractivity contribution < 1.29 is 22.8 Å². The molecule has 0 aromatic heterocycles. The molecule has 2 aromatic rings. The van der Waals surface area contributed by atoms with Gasteiger partial charge < -0.3 is 10.2 Å². The fourth-order valence-corrected chi connectivity index (χ4v) is 4.82. The summed E-state index contributed by atoms with van der Waals surface area (Å²) in [6, 6.07) is 9.27. The van der Waals surface area contributed by atoms with Crippen molar-refractivity contribution in [3.63, 3.8) is 0 Å². The third kappa shape index (κ3) is 4.87. The van der Waals surface area contributed by atoms with Gasteiger partial charge in [-0.2, -0.15) is 13.2 Å². The topological polar surface area (TPSA) is 50.7 Å². The normalized spacial score (nSPS) is 20.6. The molecule has 1 heterocycles. The van der Waals surface area contributed by atoms with Gasteiger partial charge in [0.25, 0.3) is 5.60 Å². The fraction of sp³-hybridized carbons (Fsp3) is 0.364. The van der Waals surface area contributed by atoms with Crippen molar-refractivity contribution in [1.29, 1.82) is 0 Å². The van der Waals surface area contributed by atoms with Gasteiger partial charge in [-0.3, -0.25) is 4.79 Å². The smallest absolute Gasteiger partial charge is 0.374 e. The number of rotatable bonds is 6. The average Bonchev–Trinajstić information content (AvgIpc) is 3.38. The van der Waals surface area contributed by atoms with E-state index in [2.05, 4.69) is 10.5 Å². The first kappa shape index (κ1) is 23.3. The van der Waals surface area contributed by atoms with E-state index in [0.29, 0.717) is 11.6 Å². The molecule has 0 unspecified atom stereocenters. The molecule has 4 nitrogen and oxygen atoms in total. The highest BCUT2D eigenvalue weighted by Crippen LogP contribution is 2.49. The Hall–Kier alpha value is -1.90. The van der Waals surface area contributed by atoms with E-state index in [0.717, 1.165) is 23.3 Å². The lowest BCUT2D eigenvalue weighted by molar-refractivity contribution is -0.275. The molecule has 1 aliphatic heterocycles. The van der Waals surface area contributed by atoms with Crippen molar-refractivity contribution in [2.45, 2.75) is 48.9 Å². The largest absolute Gasteiger partial charge is 0.435 e. The van der Waals surface area contributed by atoms with E-state index in [1.807, 2.05) is 6.92 Å². The van der Waals surface area contributed by atoms with Gasteiger partial charge in [-0.15, -0.1) is 11.8 Å². The molecule has 0 radical (unpaired) electrons. The number of nitrogens with one attached hydrogen (secondary N) is 1. The first-order chi connectivity index (χ1) is 15.1. The van der Waals surface area contributed by atoms with Gasteiger partial charge in [0, 0.05) is 33.0 Å². The highest BCUT2D eigenvalue weighted by atomic mass is 35.5. The quantitative estimate of drug-likeness (QED) is 0.474. The Kier molecular flexibility index (Phi) is 6.40. The van der Waals surface area contributed by atoms with Crippen molar-refractivity contribution in [3.05, 3.63) is 63.1 Å². The van der Waals surface area contributed by atoms with Crippen LogP contribution in [0, 0.1) is 6.92 Å². The summed E-state index contributed by atoms with van der Waals surface area (Å²) in [4.78, 5) is 17.8. The second-order valence-electron chi connectivity index (χ2n) is 7.90. The summed E-state index contributed by atoms with van der Waals surface area (Å²) in [6.45, 7) is 1.84. The Morgan fingerprint density at radius 1 is 1.22 bits per heavy atom. The minimum absolute atomic E-state index is 0.0234. The van der Waals surface area contributed by atoms with Crippen LogP contribution in [0.4, 0.5) is 13.2 Å². The van der Waals surface area contributed by atoms with E-state index in [9.17, 15) is 18.0 Å². The zero-order valence-electron chi connectivity index (χ0n) is 16.9. The number of aryl methyl sites for hydroxylation is 1. The Labute approximate surface area is 197 Å². The van der Waals surface area contributed by atoms with E-state index in [1.54, 1.807) is 18.2 Å². The number of nitrogens with zero attached hydrogens (tertiary/aromatic N) is 1. The van der Waals surface area contributed by atoms with E-state index < -0.39 is 18.2 Å². The van der Waals surface area contributed by atoms with E-state index in [4.69, 9.17) is 28.0 Å². The molecule has 1 aliphatic carbocycles. The first-order valence-electron chi connectivity index (χ1n) is 9.89. The van der Waals surface area contributed by atoms with Gasteiger partial charge in [0.15, 0.2) is 0 Å². The van der Waals surface area contributed by atoms with Crippen LogP contribution in [0.1, 0.15) is 36.0 Å². The van der Waals surface area contributed by atoms with Crippen LogP contribution in [0.5, 0.6) is 0 Å². The fourth-order valence-electron chi connectivity index (χ4n) is 3.48. The van der Waals surface area contributed by atoms with Crippen LogP contribution in [-0.2, 0) is 15.2 Å². The number of thioether (sulfide) groups is 1. The summed E-state index contributed by atoms with van der Waals surface area (Å²) in [5, 5.41) is 6.87. The summed E-state index contributed by atoms with van der Waals surface area (Å²) < 4.78 is 42.4. The molecule has 4 rings (SSSR count). The van der Waals surface area contributed by atoms with Gasteiger partial charge in [0.2, 0.25) is 5.91 Å². The van der Waals surface area contributed by atoms with Crippen molar-refractivity contribution in [2.24, 2.45) is 5.16 Å². The highest BCUT2D eigenvalue weighted by Gasteiger charge is 2.62. The predicted molar refractivity (Wildman–Crippen MR) is 120 cm³/mol. The summed E-state index contributed by atoms with van der Waals surface area (Å²) in [5.41, 5.74) is -1.34. The van der Waals surface area contributed by atoms with Crippen LogP contribution in [0.25, 0.3) is 0 Å². The predicted octanol–water partition coefficient (Wildman–Crippen LogP) is 6.25. The summed E-state index contributed by atoms with van der Waals surface area (Å²) in [7, 11) is 0. The maximum absolute atomic E-state index is 14.1. The maximum atomic E-state index is 14.1. The third-order valence-electron chi connectivity index (χ3n) is 5.32. The molecule has 1 N–H and O–H groups in total. The maximum Gasteiger partial charge on any atom is 0.435 e. The van der Waals surface area contributed by atoms with Gasteiger partial charge >= 0.3 is 6.18 Å². The standard InChI is InChI=1S/C22H19Cl2F3N2O2S/c1-12-6-13(2-5-19(12)32-11-20(30)28-17-3-4-17)18-10-21(31-29-18,22(25,26)27)14-7-15(23)9-16(24)8-14/h2,5-9,17H,3-4,10-11H2,1H3,(H,28,30)/t21-/m0/s1. The van der Waals surface area contributed by atoms with Gasteiger partial charge in [-0.05, 0) is 61.2 Å². The monoisotopic (exact) mass is 502 g/mol. The molecule has 1 atom stereocenters. The molecule has 0 bridgehead atoms. The van der Waals surface area contributed by atoms with Crippen molar-refractivity contribution in [2.75, 3.05) is 5.75 Å². The zero-order chi connectivity index (χ0) is 23.1. The number of hydrogen-bond acceptors (Lipinski definition) is 4. The summed E-state index contributed by atoms with van der Waals surface area (Å²) in [6.07, 6.45) is -3.21. The molecule has 10 heteroatoms. The number of oxime groups is 1. The van der Waals surface area contributed by atoms with Crippen LogP contribution < -0.4 is 5.32 Å². The van der Waals surface area contributed by atoms with Crippen LogP contribution in [0.3, 0.4) is 0 Å². The molecule has 2 aromatic carbocycles. The Morgan fingerprint density at radius 3 is 2.50 bits per heavy atom. The highest BCUT2D eigenvalue weighted by molar-refractivity contribution is 8.00. The van der Waals surface area contributed by atoms with Gasteiger partial charge in [-0.25, -0.2) is 0 Å². The molecule has 2 aliphatic rings. The van der Waals surface area contributed by atoms with Crippen LogP contribution >= 0.6 is 35.0 Å². The zero-order valence-corrected chi connectivity index (χ0v) is 19.3. The van der Waals surface area contributed by atoms with E-state index >= 15 is 0 Å². The lowest BCUT2D eigenvalue weighted by atomic mass is 9.86. The summed E-state index contributed by atoms with van der Waals surface area (Å²) >= 11 is 13.3. The van der Waals surface area contributed by atoms with Crippen LogP contribution in [0.15, 0.2) is 46.4 Å². The number of carbonyl (C=O) groups excluding carboxylic acids is 1. The molecule has 1 saturated carbocycles. The van der Waals surface area contributed by atoms with Gasteiger partial charge in [-0.1, -0.05) is 34.4 Å². The molecule has 32 heavy (non-hydrogen) atoms. The van der Waals surface area contributed by atoms with Crippen LogP contribution in [0.2, 0.25) is 10.0 Å². The SMILES string of the molecule is Cc1cc(C2=NO[C@@](c3cc(Cl)cc(Cl)c3)(C(F)(F)F)C2)ccc1SCC(=O)NC1CC1. The first-order valence-corrected chi connectivity index (χ1v) is 11.6. The Balaban J connectivity index is 1.53. The van der Waals surface area contributed by atoms with E-state index in [1.165, 1.54) is 30.0 Å². The van der Waals surface area contributed by atoms with Crippen molar-refractivity contribution >= 4 is 46.6 Å². The molecule has 0 saturated heterocycles. The van der Waals surface area contributed by atoms with Crippen molar-refractivity contribution in [3.8, 4) is 0 Å². The lowest BCUT2D eigenvalue weighted by Crippen LogP contribution is -2.42. The number of benzene rings is 2. The third-order valence-corrected chi connectivity index (χ3v) is 6.94. The average molecular weight is 503 g/mol. The van der Waals surface area contributed by atoms with Gasteiger partial charge in [0.1, 0.15) is 0 Å². The molecular weight excluding hydrogens is 484 g/mol. The van der Waals surface area contributed by atoms with Crippen molar-refractivity contribution in [1.82, 2.24) is 5.32 Å². The Bertz CT molecular complexity index is 1070. The van der Waals surface area contributed by atoms with E-state index in [-0.39, 0.29) is 33.0 Å². The number of carbonyl (C=O) groups is 1. The van der Waals surface area contributed by atoms with Gasteiger partial charge in [0.05, 0.1) is 11.5 Å². The number of hydrogen-bond donors (Lipinski definition) is 1. The molecule has 1 fully saturated rings. The number of amides is 1. The minimum atomic E-state index is -4.74. The second-order valence-corrected chi connectivity index (χ2v) is 9.79. The molecular formula is C22H19Cl2F3N2O2S.